The average molecular weight is 194 g/mol. The summed E-state index contributed by atoms with van der Waals surface area (Å²) in [5, 5.41) is 2.59. The SMILES string of the molecule is Cc1cc(F)c(C=O)c2ccsc12. The maximum absolute atomic E-state index is 13.2. The summed E-state index contributed by atoms with van der Waals surface area (Å²) in [6.07, 6.45) is 0.573. The Bertz CT molecular complexity index is 473. The van der Waals surface area contributed by atoms with Crippen LogP contribution in [0.1, 0.15) is 15.9 Å². The number of rotatable bonds is 1. The summed E-state index contributed by atoms with van der Waals surface area (Å²) >= 11 is 1.53. The third-order valence-electron chi connectivity index (χ3n) is 2.03. The summed E-state index contributed by atoms with van der Waals surface area (Å²) in [7, 11) is 0. The molecule has 1 nitrogen and oxygen atoms in total. The second-order valence-electron chi connectivity index (χ2n) is 2.87. The highest BCUT2D eigenvalue weighted by atomic mass is 32.1. The number of aryl methyl sites for hydroxylation is 1. The number of halogens is 1. The maximum Gasteiger partial charge on any atom is 0.153 e. The molecule has 0 bridgehead atoms. The van der Waals surface area contributed by atoms with Gasteiger partial charge in [0.05, 0.1) is 5.56 Å². The summed E-state index contributed by atoms with van der Waals surface area (Å²) in [4.78, 5) is 10.6. The molecule has 0 saturated carbocycles. The van der Waals surface area contributed by atoms with Crippen LogP contribution in [0.2, 0.25) is 0 Å². The van der Waals surface area contributed by atoms with Gasteiger partial charge in [0.2, 0.25) is 0 Å². The van der Waals surface area contributed by atoms with Crippen LogP contribution in [0.5, 0.6) is 0 Å². The summed E-state index contributed by atoms with van der Waals surface area (Å²) in [6, 6.07) is 3.18. The van der Waals surface area contributed by atoms with Gasteiger partial charge in [-0.2, -0.15) is 0 Å². The predicted octanol–water partition coefficient (Wildman–Crippen LogP) is 3.16. The van der Waals surface area contributed by atoms with Crippen molar-refractivity contribution in [1.82, 2.24) is 0 Å². The summed E-state index contributed by atoms with van der Waals surface area (Å²) < 4.78 is 14.2. The zero-order valence-corrected chi connectivity index (χ0v) is 7.82. The first-order valence-corrected chi connectivity index (χ1v) is 4.73. The van der Waals surface area contributed by atoms with Gasteiger partial charge in [0.15, 0.2) is 6.29 Å². The third-order valence-corrected chi connectivity index (χ3v) is 3.08. The molecule has 2 rings (SSSR count). The van der Waals surface area contributed by atoms with Gasteiger partial charge in [0.1, 0.15) is 5.82 Å². The Labute approximate surface area is 78.8 Å². The van der Waals surface area contributed by atoms with E-state index >= 15 is 0 Å². The number of benzene rings is 1. The van der Waals surface area contributed by atoms with E-state index in [0.717, 1.165) is 15.6 Å². The van der Waals surface area contributed by atoms with E-state index in [2.05, 4.69) is 0 Å². The zero-order valence-electron chi connectivity index (χ0n) is 7.00. The fourth-order valence-corrected chi connectivity index (χ4v) is 2.30. The minimum absolute atomic E-state index is 0.168. The molecule has 0 N–H and O–H groups in total. The Kier molecular flexibility index (Phi) is 1.88. The van der Waals surface area contributed by atoms with Crippen LogP contribution in [0.25, 0.3) is 10.1 Å². The molecule has 0 saturated heterocycles. The second-order valence-corrected chi connectivity index (χ2v) is 3.79. The molecule has 13 heavy (non-hydrogen) atoms. The van der Waals surface area contributed by atoms with Gasteiger partial charge in [0, 0.05) is 10.1 Å². The summed E-state index contributed by atoms with van der Waals surface area (Å²) in [6.45, 7) is 1.84. The van der Waals surface area contributed by atoms with Crippen LogP contribution < -0.4 is 0 Å². The van der Waals surface area contributed by atoms with Crippen molar-refractivity contribution in [3.05, 3.63) is 34.5 Å². The molecule has 0 aliphatic heterocycles. The number of hydrogen-bond donors (Lipinski definition) is 0. The predicted molar refractivity (Wildman–Crippen MR) is 51.9 cm³/mol. The van der Waals surface area contributed by atoms with Crippen LogP contribution in [0.4, 0.5) is 4.39 Å². The van der Waals surface area contributed by atoms with E-state index in [-0.39, 0.29) is 5.56 Å². The van der Waals surface area contributed by atoms with Gasteiger partial charge < -0.3 is 0 Å². The van der Waals surface area contributed by atoms with Crippen molar-refractivity contribution in [2.45, 2.75) is 6.92 Å². The third kappa shape index (κ3) is 1.16. The van der Waals surface area contributed by atoms with E-state index in [1.165, 1.54) is 17.4 Å². The van der Waals surface area contributed by atoms with Gasteiger partial charge in [0.25, 0.3) is 0 Å². The van der Waals surface area contributed by atoms with E-state index in [9.17, 15) is 9.18 Å². The molecule has 0 unspecified atom stereocenters. The highest BCUT2D eigenvalue weighted by molar-refractivity contribution is 7.17. The molecule has 0 aliphatic rings. The van der Waals surface area contributed by atoms with E-state index in [4.69, 9.17) is 0 Å². The van der Waals surface area contributed by atoms with Crippen molar-refractivity contribution in [1.29, 1.82) is 0 Å². The number of fused-ring (bicyclic) bond motifs is 1. The lowest BCUT2D eigenvalue weighted by Gasteiger charge is -2.00. The van der Waals surface area contributed by atoms with E-state index in [1.807, 2.05) is 12.3 Å². The van der Waals surface area contributed by atoms with Crippen molar-refractivity contribution in [3.8, 4) is 0 Å². The number of carbonyl (C=O) groups excluding carboxylic acids is 1. The van der Waals surface area contributed by atoms with Gasteiger partial charge in [-0.1, -0.05) is 0 Å². The van der Waals surface area contributed by atoms with Crippen LogP contribution in [0.15, 0.2) is 17.5 Å². The van der Waals surface area contributed by atoms with Crippen molar-refractivity contribution in [2.24, 2.45) is 0 Å². The number of carbonyl (C=O) groups is 1. The molecule has 2 aromatic rings. The van der Waals surface area contributed by atoms with Gasteiger partial charge in [-0.05, 0) is 30.0 Å². The minimum atomic E-state index is -0.432. The first-order chi connectivity index (χ1) is 6.24. The molecule has 0 atom stereocenters. The quantitative estimate of drug-likeness (QED) is 0.637. The van der Waals surface area contributed by atoms with Crippen molar-refractivity contribution in [3.63, 3.8) is 0 Å². The molecule has 1 heterocycles. The van der Waals surface area contributed by atoms with Crippen LogP contribution in [-0.2, 0) is 0 Å². The molecule has 1 aromatic carbocycles. The molecule has 0 aliphatic carbocycles. The topological polar surface area (TPSA) is 17.1 Å². The van der Waals surface area contributed by atoms with Gasteiger partial charge in [-0.3, -0.25) is 4.79 Å². The zero-order chi connectivity index (χ0) is 9.42. The molecule has 0 fully saturated rings. The smallest absolute Gasteiger partial charge is 0.153 e. The Morgan fingerprint density at radius 1 is 1.54 bits per heavy atom. The largest absolute Gasteiger partial charge is 0.298 e. The number of aldehydes is 1. The first kappa shape index (κ1) is 8.38. The van der Waals surface area contributed by atoms with Crippen molar-refractivity contribution in [2.75, 3.05) is 0 Å². The highest BCUT2D eigenvalue weighted by Crippen LogP contribution is 2.28. The second kappa shape index (κ2) is 2.92. The molecule has 3 heteroatoms. The molecule has 66 valence electrons. The standard InChI is InChI=1S/C10H7FOS/c1-6-4-9(11)8(5-12)7-2-3-13-10(6)7/h2-5H,1H3. The van der Waals surface area contributed by atoms with E-state index in [1.54, 1.807) is 6.07 Å². The molecular weight excluding hydrogens is 187 g/mol. The normalized spacial score (nSPS) is 10.6. The molecule has 0 radical (unpaired) electrons. The van der Waals surface area contributed by atoms with Gasteiger partial charge in [-0.25, -0.2) is 4.39 Å². The first-order valence-electron chi connectivity index (χ1n) is 3.85. The Hall–Kier alpha value is -1.22. The van der Waals surface area contributed by atoms with E-state index < -0.39 is 5.82 Å². The van der Waals surface area contributed by atoms with Crippen LogP contribution >= 0.6 is 11.3 Å². The van der Waals surface area contributed by atoms with Crippen LogP contribution in [-0.4, -0.2) is 6.29 Å². The minimum Gasteiger partial charge on any atom is -0.298 e. The molecule has 0 amide bonds. The lowest BCUT2D eigenvalue weighted by molar-refractivity contribution is 0.112. The highest BCUT2D eigenvalue weighted by Gasteiger charge is 2.09. The van der Waals surface area contributed by atoms with Crippen LogP contribution in [0, 0.1) is 12.7 Å². The Balaban J connectivity index is 2.96. The molecular formula is C10H7FOS. The van der Waals surface area contributed by atoms with E-state index in [0.29, 0.717) is 6.29 Å². The summed E-state index contributed by atoms with van der Waals surface area (Å²) in [5.74, 6) is -0.432. The maximum atomic E-state index is 13.2. The lowest BCUT2D eigenvalue weighted by Crippen LogP contribution is -1.89. The van der Waals surface area contributed by atoms with Gasteiger partial charge >= 0.3 is 0 Å². The summed E-state index contributed by atoms with van der Waals surface area (Å²) in [5.41, 5.74) is 1.05. The average Bonchev–Trinajstić information content (AvgIpc) is 2.53. The van der Waals surface area contributed by atoms with Gasteiger partial charge in [-0.15, -0.1) is 11.3 Å². The lowest BCUT2D eigenvalue weighted by atomic mass is 10.1. The van der Waals surface area contributed by atoms with Crippen molar-refractivity contribution < 1.29 is 9.18 Å². The number of hydrogen-bond acceptors (Lipinski definition) is 2. The molecule has 0 spiro atoms. The molecule has 1 aromatic heterocycles. The van der Waals surface area contributed by atoms with Crippen LogP contribution in [0.3, 0.4) is 0 Å². The fraction of sp³-hybridized carbons (Fsp3) is 0.100. The Morgan fingerprint density at radius 2 is 2.31 bits per heavy atom. The number of thiophene rings is 1. The Morgan fingerprint density at radius 3 is 3.00 bits per heavy atom. The fourth-order valence-electron chi connectivity index (χ4n) is 1.41. The van der Waals surface area contributed by atoms with Crippen molar-refractivity contribution >= 4 is 27.7 Å². The monoisotopic (exact) mass is 194 g/mol.